The lowest BCUT2D eigenvalue weighted by atomic mass is 10.1. The van der Waals surface area contributed by atoms with Crippen LogP contribution in [-0.2, 0) is 13.0 Å². The van der Waals surface area contributed by atoms with Crippen molar-refractivity contribution in [2.24, 2.45) is 0 Å². The summed E-state index contributed by atoms with van der Waals surface area (Å²) in [6.07, 6.45) is 6.04. The Morgan fingerprint density at radius 3 is 2.94 bits per heavy atom. The van der Waals surface area contributed by atoms with E-state index in [-0.39, 0.29) is 0 Å². The molecule has 2 N–H and O–H groups in total. The van der Waals surface area contributed by atoms with E-state index in [9.17, 15) is 0 Å². The van der Waals surface area contributed by atoms with Crippen molar-refractivity contribution in [3.8, 4) is 0 Å². The molecule has 0 bridgehead atoms. The summed E-state index contributed by atoms with van der Waals surface area (Å²) in [6, 6.07) is 8.09. The molecule has 84 valence electrons. The minimum atomic E-state index is 0.844. The highest BCUT2D eigenvalue weighted by molar-refractivity contribution is 5.40. The summed E-state index contributed by atoms with van der Waals surface area (Å²) < 4.78 is 2.17. The van der Waals surface area contributed by atoms with Gasteiger partial charge in [0.25, 0.3) is 0 Å². The number of nitrogens with zero attached hydrogens (tertiary/aromatic N) is 2. The Morgan fingerprint density at radius 1 is 1.38 bits per heavy atom. The smallest absolute Gasteiger partial charge is 0.105 e. The molecule has 0 amide bonds. The van der Waals surface area contributed by atoms with E-state index in [0.29, 0.717) is 0 Å². The van der Waals surface area contributed by atoms with Gasteiger partial charge in [-0.05, 0) is 37.5 Å². The normalized spacial score (nSPS) is 10.6. The van der Waals surface area contributed by atoms with Crippen LogP contribution < -0.4 is 5.73 Å². The SMILES string of the molecule is Cc1nccn1CCCc1cccc(N)c1. The molecule has 0 fully saturated rings. The average Bonchev–Trinajstić information content (AvgIpc) is 2.65. The average molecular weight is 215 g/mol. The Hall–Kier alpha value is -1.77. The maximum atomic E-state index is 5.73. The Bertz CT molecular complexity index is 460. The molecule has 0 saturated heterocycles. The molecule has 2 rings (SSSR count). The summed E-state index contributed by atoms with van der Waals surface area (Å²) in [5.74, 6) is 1.08. The van der Waals surface area contributed by atoms with Gasteiger partial charge in [0.2, 0.25) is 0 Å². The molecule has 0 atom stereocenters. The van der Waals surface area contributed by atoms with E-state index < -0.39 is 0 Å². The van der Waals surface area contributed by atoms with Gasteiger partial charge in [-0.3, -0.25) is 0 Å². The second-order valence-corrected chi connectivity index (χ2v) is 4.02. The third-order valence-electron chi connectivity index (χ3n) is 2.74. The van der Waals surface area contributed by atoms with Crippen LogP contribution in [0.15, 0.2) is 36.7 Å². The Morgan fingerprint density at radius 2 is 2.25 bits per heavy atom. The Labute approximate surface area is 95.9 Å². The predicted octanol–water partition coefficient (Wildman–Crippen LogP) is 2.41. The molecule has 0 aliphatic rings. The summed E-state index contributed by atoms with van der Waals surface area (Å²) in [5.41, 5.74) is 7.88. The summed E-state index contributed by atoms with van der Waals surface area (Å²) in [4.78, 5) is 4.20. The van der Waals surface area contributed by atoms with Gasteiger partial charge in [0.1, 0.15) is 5.82 Å². The van der Waals surface area contributed by atoms with Crippen LogP contribution in [0.3, 0.4) is 0 Å². The molecule has 2 aromatic rings. The van der Waals surface area contributed by atoms with Crippen molar-refractivity contribution in [2.45, 2.75) is 26.3 Å². The molecule has 3 nitrogen and oxygen atoms in total. The Kier molecular flexibility index (Phi) is 3.25. The molecule has 16 heavy (non-hydrogen) atoms. The number of nitrogens with two attached hydrogens (primary N) is 1. The van der Waals surface area contributed by atoms with Crippen molar-refractivity contribution >= 4 is 5.69 Å². The van der Waals surface area contributed by atoms with E-state index in [1.807, 2.05) is 37.5 Å². The lowest BCUT2D eigenvalue weighted by molar-refractivity contribution is 0.626. The number of hydrogen-bond donors (Lipinski definition) is 1. The van der Waals surface area contributed by atoms with Crippen LogP contribution in [-0.4, -0.2) is 9.55 Å². The van der Waals surface area contributed by atoms with Gasteiger partial charge < -0.3 is 10.3 Å². The van der Waals surface area contributed by atoms with Crippen molar-refractivity contribution < 1.29 is 0 Å². The molecule has 1 aromatic heterocycles. The number of nitrogen functional groups attached to an aromatic ring is 1. The zero-order valence-electron chi connectivity index (χ0n) is 9.56. The maximum Gasteiger partial charge on any atom is 0.105 e. The second kappa shape index (κ2) is 4.84. The van der Waals surface area contributed by atoms with E-state index in [1.54, 1.807) is 0 Å². The van der Waals surface area contributed by atoms with Crippen molar-refractivity contribution in [1.82, 2.24) is 9.55 Å². The molecular formula is C13H17N3. The highest BCUT2D eigenvalue weighted by Gasteiger charge is 1.97. The fourth-order valence-electron chi connectivity index (χ4n) is 1.84. The van der Waals surface area contributed by atoms with Crippen molar-refractivity contribution in [1.29, 1.82) is 0 Å². The van der Waals surface area contributed by atoms with E-state index in [2.05, 4.69) is 15.6 Å². The first kappa shape index (κ1) is 10.7. The summed E-state index contributed by atoms with van der Waals surface area (Å²) in [6.45, 7) is 3.04. The van der Waals surface area contributed by atoms with Crippen LogP contribution >= 0.6 is 0 Å². The molecule has 0 radical (unpaired) electrons. The lowest BCUT2D eigenvalue weighted by Crippen LogP contribution is -2.00. The molecule has 0 aliphatic heterocycles. The Balaban J connectivity index is 1.87. The highest BCUT2D eigenvalue weighted by atomic mass is 15.0. The van der Waals surface area contributed by atoms with Crippen LogP contribution in [0.4, 0.5) is 5.69 Å². The monoisotopic (exact) mass is 215 g/mol. The quantitative estimate of drug-likeness (QED) is 0.796. The second-order valence-electron chi connectivity index (χ2n) is 4.02. The van der Waals surface area contributed by atoms with Crippen molar-refractivity contribution in [3.63, 3.8) is 0 Å². The van der Waals surface area contributed by atoms with Gasteiger partial charge in [-0.15, -0.1) is 0 Å². The minimum Gasteiger partial charge on any atom is -0.399 e. The van der Waals surface area contributed by atoms with Crippen molar-refractivity contribution in [3.05, 3.63) is 48.0 Å². The van der Waals surface area contributed by atoms with Gasteiger partial charge in [-0.25, -0.2) is 4.98 Å². The van der Waals surface area contributed by atoms with E-state index >= 15 is 0 Å². The van der Waals surface area contributed by atoms with Crippen LogP contribution in [0.5, 0.6) is 0 Å². The third-order valence-corrected chi connectivity index (χ3v) is 2.74. The zero-order chi connectivity index (χ0) is 11.4. The van der Waals surface area contributed by atoms with E-state index in [4.69, 9.17) is 5.73 Å². The molecule has 3 heteroatoms. The minimum absolute atomic E-state index is 0.844. The number of benzene rings is 1. The predicted molar refractivity (Wildman–Crippen MR) is 66.1 cm³/mol. The summed E-state index contributed by atoms with van der Waals surface area (Å²) >= 11 is 0. The van der Waals surface area contributed by atoms with Gasteiger partial charge >= 0.3 is 0 Å². The molecule has 0 unspecified atom stereocenters. The molecule has 0 aliphatic carbocycles. The first-order chi connectivity index (χ1) is 7.75. The number of aromatic nitrogens is 2. The van der Waals surface area contributed by atoms with Gasteiger partial charge in [0, 0.05) is 24.6 Å². The number of rotatable bonds is 4. The lowest BCUT2D eigenvalue weighted by Gasteiger charge is -2.05. The maximum absolute atomic E-state index is 5.73. The van der Waals surface area contributed by atoms with Gasteiger partial charge in [0.05, 0.1) is 0 Å². The van der Waals surface area contributed by atoms with Gasteiger partial charge in [0.15, 0.2) is 0 Å². The number of anilines is 1. The zero-order valence-corrected chi connectivity index (χ0v) is 9.56. The van der Waals surface area contributed by atoms with Gasteiger partial charge in [-0.1, -0.05) is 12.1 Å². The standard InChI is InChI=1S/C13H17N3/c1-11-15-7-9-16(11)8-3-5-12-4-2-6-13(14)10-12/h2,4,6-7,9-10H,3,5,8,14H2,1H3. The molecule has 0 saturated carbocycles. The topological polar surface area (TPSA) is 43.8 Å². The van der Waals surface area contributed by atoms with Crippen molar-refractivity contribution in [2.75, 3.05) is 5.73 Å². The highest BCUT2D eigenvalue weighted by Crippen LogP contribution is 2.09. The van der Waals surface area contributed by atoms with Gasteiger partial charge in [-0.2, -0.15) is 0 Å². The van der Waals surface area contributed by atoms with E-state index in [1.165, 1.54) is 5.56 Å². The molecular weight excluding hydrogens is 198 g/mol. The number of hydrogen-bond acceptors (Lipinski definition) is 2. The fourth-order valence-corrected chi connectivity index (χ4v) is 1.84. The molecule has 1 aromatic carbocycles. The fraction of sp³-hybridized carbons (Fsp3) is 0.308. The molecule has 0 spiro atoms. The van der Waals surface area contributed by atoms with E-state index in [0.717, 1.165) is 30.9 Å². The van der Waals surface area contributed by atoms with Crippen LogP contribution in [0, 0.1) is 6.92 Å². The number of imidazole rings is 1. The summed E-state index contributed by atoms with van der Waals surface area (Å²) in [5, 5.41) is 0. The third kappa shape index (κ3) is 2.63. The first-order valence-corrected chi connectivity index (χ1v) is 5.58. The van der Waals surface area contributed by atoms with Crippen LogP contribution in [0.1, 0.15) is 17.8 Å². The first-order valence-electron chi connectivity index (χ1n) is 5.58. The summed E-state index contributed by atoms with van der Waals surface area (Å²) in [7, 11) is 0. The number of aryl methyl sites for hydroxylation is 3. The largest absolute Gasteiger partial charge is 0.399 e. The van der Waals surface area contributed by atoms with Crippen LogP contribution in [0.2, 0.25) is 0 Å². The molecule has 1 heterocycles. The van der Waals surface area contributed by atoms with Crippen LogP contribution in [0.25, 0.3) is 0 Å².